The van der Waals surface area contributed by atoms with Gasteiger partial charge in [-0.15, -0.1) is 0 Å². The molecule has 66 valence electrons. The van der Waals surface area contributed by atoms with Gasteiger partial charge in [-0.1, -0.05) is 0 Å². The van der Waals surface area contributed by atoms with Gasteiger partial charge in [-0.2, -0.15) is 0 Å². The molecule has 0 aromatic carbocycles. The van der Waals surface area contributed by atoms with E-state index < -0.39 is 6.43 Å². The lowest BCUT2D eigenvalue weighted by atomic mass is 10.4. The number of alkyl halides is 2. The first kappa shape index (κ1) is 11.0. The molecule has 0 radical (unpaired) electrons. The summed E-state index contributed by atoms with van der Waals surface area (Å²) in [6.07, 6.45) is -2.52. The molecule has 0 aliphatic rings. The molecule has 1 aromatic rings. The fourth-order valence-electron chi connectivity index (χ4n) is 0.610. The van der Waals surface area contributed by atoms with Crippen LogP contribution in [0.25, 0.3) is 0 Å². The average Bonchev–Trinajstić information content (AvgIpc) is 1.96. The second kappa shape index (κ2) is 4.45. The number of rotatable bonds is 1. The van der Waals surface area contributed by atoms with E-state index >= 15 is 0 Å². The minimum atomic E-state index is -2.52. The summed E-state index contributed by atoms with van der Waals surface area (Å²) >= 11 is 7.00. The van der Waals surface area contributed by atoms with Gasteiger partial charge in [-0.3, -0.25) is 0 Å². The summed E-state index contributed by atoms with van der Waals surface area (Å²) in [4.78, 5) is 3.75. The van der Waals surface area contributed by atoms with Gasteiger partial charge in [0.2, 0.25) is 0 Å². The van der Waals surface area contributed by atoms with Crippen LogP contribution in [0.2, 0.25) is 0 Å². The van der Waals surface area contributed by atoms with Crippen LogP contribution in [0.3, 0.4) is 0 Å². The van der Waals surface area contributed by atoms with Crippen molar-refractivity contribution in [3.05, 3.63) is 23.5 Å². The molecule has 0 aliphatic carbocycles. The zero-order valence-electron chi connectivity index (χ0n) is 5.49. The van der Waals surface area contributed by atoms with Crippen LogP contribution < -0.4 is 0 Å². The number of hydrogen-bond donors (Lipinski definition) is 0. The van der Waals surface area contributed by atoms with E-state index in [-0.39, 0.29) is 5.69 Å². The molecule has 1 aromatic heterocycles. The molecule has 0 saturated carbocycles. The Bertz CT molecular complexity index is 306. The summed E-state index contributed by atoms with van der Waals surface area (Å²) in [5, 5.41) is 0. The van der Waals surface area contributed by atoms with Gasteiger partial charge in [0.05, 0.1) is 0 Å². The molecule has 6 heteroatoms. The third-order valence-electron chi connectivity index (χ3n) is 1.12. The third kappa shape index (κ3) is 2.47. The fraction of sp³-hybridized carbons (Fsp3) is 0.167. The lowest BCUT2D eigenvalue weighted by molar-refractivity contribution is 0.145. The Morgan fingerprint density at radius 1 is 1.42 bits per heavy atom. The van der Waals surface area contributed by atoms with Crippen LogP contribution in [0.5, 0.6) is 0 Å². The maximum atomic E-state index is 12.2. The van der Waals surface area contributed by atoms with Crippen LogP contribution in [-0.2, 0) is 0 Å². The molecule has 1 heterocycles. The number of halogens is 5. The molecule has 12 heavy (non-hydrogen) atoms. The quantitative estimate of drug-likeness (QED) is 0.457. The molecule has 1 rings (SSSR count). The van der Waals surface area contributed by atoms with Crippen molar-refractivity contribution in [1.29, 1.82) is 0 Å². The second-order valence-electron chi connectivity index (χ2n) is 1.93. The lowest BCUT2D eigenvalue weighted by Gasteiger charge is -2.03. The van der Waals surface area contributed by atoms with E-state index in [0.29, 0.717) is 8.17 Å². The molecule has 0 bridgehead atoms. The standard InChI is InChI=1S/C6H2BrF2I2N/c7-2-1-3(10)6(11)12-4(2)5(8)9/h1,5H. The molecule has 1 nitrogen and oxygen atoms in total. The average molecular weight is 460 g/mol. The molecule has 0 atom stereocenters. The summed E-state index contributed by atoms with van der Waals surface area (Å²) < 4.78 is 26.3. The molecular weight excluding hydrogens is 458 g/mol. The highest BCUT2D eigenvalue weighted by atomic mass is 127. The molecule has 0 aliphatic heterocycles. The Morgan fingerprint density at radius 3 is 2.50 bits per heavy atom. The van der Waals surface area contributed by atoms with E-state index in [4.69, 9.17) is 0 Å². The van der Waals surface area contributed by atoms with E-state index in [9.17, 15) is 8.78 Å². The number of nitrogens with zero attached hydrogens (tertiary/aromatic N) is 1. The Morgan fingerprint density at radius 2 is 2.00 bits per heavy atom. The number of hydrogen-bond acceptors (Lipinski definition) is 1. The third-order valence-corrected chi connectivity index (χ3v) is 4.43. The van der Waals surface area contributed by atoms with E-state index in [0.717, 1.165) is 3.57 Å². The van der Waals surface area contributed by atoms with Crippen molar-refractivity contribution < 1.29 is 8.78 Å². The minimum absolute atomic E-state index is 0.195. The van der Waals surface area contributed by atoms with Crippen LogP contribution >= 0.6 is 61.1 Å². The summed E-state index contributed by atoms with van der Waals surface area (Å²) in [5.74, 6) is 0. The molecule has 0 spiro atoms. The summed E-state index contributed by atoms with van der Waals surface area (Å²) in [6.45, 7) is 0. The van der Waals surface area contributed by atoms with Crippen LogP contribution in [0.1, 0.15) is 12.1 Å². The highest BCUT2D eigenvalue weighted by molar-refractivity contribution is 14.1. The predicted octanol–water partition coefficient (Wildman–Crippen LogP) is 3.99. The zero-order valence-corrected chi connectivity index (χ0v) is 11.4. The molecule has 0 amide bonds. The van der Waals surface area contributed by atoms with Crippen molar-refractivity contribution >= 4 is 61.1 Å². The summed E-state index contributed by atoms with van der Waals surface area (Å²) in [7, 11) is 0. The minimum Gasteiger partial charge on any atom is -0.239 e. The van der Waals surface area contributed by atoms with Crippen LogP contribution in [0, 0.1) is 7.27 Å². The van der Waals surface area contributed by atoms with Crippen molar-refractivity contribution in [3.8, 4) is 0 Å². The first-order valence-corrected chi connectivity index (χ1v) is 5.77. The Kier molecular flexibility index (Phi) is 4.09. The van der Waals surface area contributed by atoms with Crippen LogP contribution in [-0.4, -0.2) is 4.98 Å². The number of aromatic nitrogens is 1. The maximum Gasteiger partial charge on any atom is 0.281 e. The van der Waals surface area contributed by atoms with Crippen molar-refractivity contribution in [2.45, 2.75) is 6.43 Å². The summed E-state index contributed by atoms with van der Waals surface area (Å²) in [5.41, 5.74) is -0.195. The molecule has 0 unspecified atom stereocenters. The van der Waals surface area contributed by atoms with E-state index in [2.05, 4.69) is 20.9 Å². The van der Waals surface area contributed by atoms with Gasteiger partial charge in [0.15, 0.2) is 0 Å². The number of pyridine rings is 1. The van der Waals surface area contributed by atoms with Gasteiger partial charge in [0, 0.05) is 8.04 Å². The predicted molar refractivity (Wildman–Crippen MR) is 62.3 cm³/mol. The second-order valence-corrected chi connectivity index (χ2v) is 4.97. The Balaban J connectivity index is 3.23. The van der Waals surface area contributed by atoms with Gasteiger partial charge < -0.3 is 0 Å². The van der Waals surface area contributed by atoms with Gasteiger partial charge in [0.25, 0.3) is 6.43 Å². The van der Waals surface area contributed by atoms with E-state index in [1.165, 1.54) is 0 Å². The molecular formula is C6H2BrF2I2N. The van der Waals surface area contributed by atoms with Gasteiger partial charge in [-0.25, -0.2) is 13.8 Å². The van der Waals surface area contributed by atoms with Crippen molar-refractivity contribution in [3.63, 3.8) is 0 Å². The Hall–Kier alpha value is 0.950. The van der Waals surface area contributed by atoms with Crippen molar-refractivity contribution in [1.82, 2.24) is 4.98 Å². The molecule has 0 fully saturated rings. The van der Waals surface area contributed by atoms with Crippen LogP contribution in [0.4, 0.5) is 8.78 Å². The highest BCUT2D eigenvalue weighted by Gasteiger charge is 2.15. The smallest absolute Gasteiger partial charge is 0.239 e. The van der Waals surface area contributed by atoms with E-state index in [1.54, 1.807) is 6.07 Å². The van der Waals surface area contributed by atoms with Crippen molar-refractivity contribution in [2.24, 2.45) is 0 Å². The molecule has 0 saturated heterocycles. The molecule has 0 N–H and O–H groups in total. The summed E-state index contributed by atoms with van der Waals surface area (Å²) in [6, 6.07) is 1.64. The highest BCUT2D eigenvalue weighted by Crippen LogP contribution is 2.28. The van der Waals surface area contributed by atoms with Gasteiger partial charge >= 0.3 is 0 Å². The van der Waals surface area contributed by atoms with E-state index in [1.807, 2.05) is 45.2 Å². The fourth-order valence-corrected chi connectivity index (χ4v) is 2.38. The zero-order chi connectivity index (χ0) is 9.30. The van der Waals surface area contributed by atoms with Crippen molar-refractivity contribution in [2.75, 3.05) is 0 Å². The normalized spacial score (nSPS) is 10.8. The topological polar surface area (TPSA) is 12.9 Å². The van der Waals surface area contributed by atoms with Gasteiger partial charge in [0.1, 0.15) is 9.39 Å². The first-order valence-electron chi connectivity index (χ1n) is 2.82. The van der Waals surface area contributed by atoms with Crippen LogP contribution in [0.15, 0.2) is 10.5 Å². The SMILES string of the molecule is FC(F)c1nc(I)c(I)cc1Br. The first-order chi connectivity index (χ1) is 5.52. The lowest BCUT2D eigenvalue weighted by Crippen LogP contribution is -1.96. The largest absolute Gasteiger partial charge is 0.281 e. The Labute approximate surface area is 104 Å². The maximum absolute atomic E-state index is 12.2. The van der Waals surface area contributed by atoms with Gasteiger partial charge in [-0.05, 0) is 67.2 Å². The monoisotopic (exact) mass is 459 g/mol.